The molecule has 0 bridgehead atoms. The Kier molecular flexibility index (Phi) is 4.77. The zero-order valence-electron chi connectivity index (χ0n) is 10.3. The molecule has 0 aromatic heterocycles. The highest BCUT2D eigenvalue weighted by Gasteiger charge is 2.31. The minimum Gasteiger partial charge on any atom is -0.520 e. The number of hydrogen-bond acceptors (Lipinski definition) is 2. The van der Waals surface area contributed by atoms with Crippen molar-refractivity contribution in [1.82, 2.24) is 0 Å². The number of rotatable bonds is 6. The molecule has 1 rings (SSSR count). The molecule has 0 saturated heterocycles. The summed E-state index contributed by atoms with van der Waals surface area (Å²) in [6.45, 7) is 7.99. The Balaban J connectivity index is 2.80. The van der Waals surface area contributed by atoms with Crippen LogP contribution in [0.15, 0.2) is 30.8 Å². The van der Waals surface area contributed by atoms with E-state index in [1.807, 2.05) is 30.3 Å². The molecule has 0 aliphatic heterocycles. The fraction of sp³-hybridized carbons (Fsp3) is 0.385. The van der Waals surface area contributed by atoms with Crippen molar-refractivity contribution in [2.24, 2.45) is 0 Å². The first-order valence-corrected chi connectivity index (χ1v) is 8.12. The summed E-state index contributed by atoms with van der Waals surface area (Å²) >= 11 is 0. The first kappa shape index (κ1) is 13.0. The fourth-order valence-electron chi connectivity index (χ4n) is 1.60. The van der Waals surface area contributed by atoms with Gasteiger partial charge in [-0.1, -0.05) is 38.1 Å². The second-order valence-electron chi connectivity index (χ2n) is 3.97. The van der Waals surface area contributed by atoms with E-state index in [4.69, 9.17) is 8.85 Å². The monoisotopic (exact) mass is 236 g/mol. The van der Waals surface area contributed by atoms with Gasteiger partial charge >= 0.3 is 8.56 Å². The smallest absolute Gasteiger partial charge is 0.395 e. The van der Waals surface area contributed by atoms with Gasteiger partial charge in [-0.05, 0) is 24.2 Å². The molecular formula is C13H20O2Si. The van der Waals surface area contributed by atoms with Gasteiger partial charge in [0.25, 0.3) is 0 Å². The van der Waals surface area contributed by atoms with E-state index in [1.165, 1.54) is 0 Å². The summed E-state index contributed by atoms with van der Waals surface area (Å²) in [7, 11) is -0.299. The van der Waals surface area contributed by atoms with Gasteiger partial charge in [0, 0.05) is 13.2 Å². The predicted molar refractivity (Wildman–Crippen MR) is 70.9 cm³/mol. The standard InChI is InChI=1S/C13H20O2Si/c1-5-10-16(4,14-3)15-13-9-7-8-12(6-2)11-13/h6-9,11H,2,5,10H2,1,3-4H3. The minimum absolute atomic E-state index is 0.877. The van der Waals surface area contributed by atoms with Gasteiger partial charge in [-0.2, -0.15) is 0 Å². The van der Waals surface area contributed by atoms with E-state index in [0.717, 1.165) is 23.8 Å². The number of hydrogen-bond donors (Lipinski definition) is 0. The normalized spacial score (nSPS) is 14.2. The van der Waals surface area contributed by atoms with Crippen LogP contribution in [0.5, 0.6) is 5.75 Å². The average Bonchev–Trinajstić information content (AvgIpc) is 2.29. The van der Waals surface area contributed by atoms with Crippen LogP contribution in [0.2, 0.25) is 12.6 Å². The highest BCUT2D eigenvalue weighted by atomic mass is 28.4. The van der Waals surface area contributed by atoms with Gasteiger partial charge in [0.05, 0.1) is 0 Å². The van der Waals surface area contributed by atoms with Crippen molar-refractivity contribution in [3.8, 4) is 5.75 Å². The van der Waals surface area contributed by atoms with Crippen LogP contribution in [0.3, 0.4) is 0 Å². The van der Waals surface area contributed by atoms with E-state index in [-0.39, 0.29) is 0 Å². The molecular weight excluding hydrogens is 216 g/mol. The molecule has 0 heterocycles. The summed E-state index contributed by atoms with van der Waals surface area (Å²) in [6, 6.07) is 8.94. The van der Waals surface area contributed by atoms with Crippen LogP contribution in [-0.2, 0) is 4.43 Å². The van der Waals surface area contributed by atoms with Crippen LogP contribution < -0.4 is 4.43 Å². The molecule has 1 unspecified atom stereocenters. The van der Waals surface area contributed by atoms with E-state index in [0.29, 0.717) is 0 Å². The van der Waals surface area contributed by atoms with Crippen LogP contribution in [0.1, 0.15) is 18.9 Å². The van der Waals surface area contributed by atoms with Gasteiger partial charge in [0.1, 0.15) is 5.75 Å². The molecule has 1 aromatic rings. The van der Waals surface area contributed by atoms with Crippen molar-refractivity contribution < 1.29 is 8.85 Å². The van der Waals surface area contributed by atoms with Crippen molar-refractivity contribution in [2.75, 3.05) is 7.11 Å². The van der Waals surface area contributed by atoms with E-state index in [1.54, 1.807) is 7.11 Å². The maximum atomic E-state index is 6.00. The lowest BCUT2D eigenvalue weighted by Crippen LogP contribution is -2.40. The van der Waals surface area contributed by atoms with Crippen LogP contribution in [0.25, 0.3) is 6.08 Å². The van der Waals surface area contributed by atoms with Crippen LogP contribution in [-0.4, -0.2) is 15.7 Å². The Labute approximate surface area is 99.2 Å². The third-order valence-corrected chi connectivity index (χ3v) is 5.50. The van der Waals surface area contributed by atoms with Crippen molar-refractivity contribution >= 4 is 14.6 Å². The summed E-state index contributed by atoms with van der Waals surface area (Å²) in [6.07, 6.45) is 2.90. The Morgan fingerprint density at radius 3 is 2.75 bits per heavy atom. The molecule has 3 heteroatoms. The third-order valence-electron chi connectivity index (χ3n) is 2.56. The average molecular weight is 236 g/mol. The molecule has 0 radical (unpaired) electrons. The van der Waals surface area contributed by atoms with Gasteiger partial charge in [0.2, 0.25) is 0 Å². The SMILES string of the molecule is C=Cc1cccc(O[Si](C)(CCC)OC)c1. The molecule has 88 valence electrons. The topological polar surface area (TPSA) is 18.5 Å². The summed E-state index contributed by atoms with van der Waals surface area (Å²) < 4.78 is 11.5. The second kappa shape index (κ2) is 5.87. The molecule has 0 amide bonds. The summed E-state index contributed by atoms with van der Waals surface area (Å²) in [4.78, 5) is 0. The van der Waals surface area contributed by atoms with Crippen LogP contribution >= 0.6 is 0 Å². The molecule has 0 aliphatic rings. The van der Waals surface area contributed by atoms with Gasteiger partial charge < -0.3 is 8.85 Å². The van der Waals surface area contributed by atoms with Gasteiger partial charge in [-0.15, -0.1) is 0 Å². The zero-order valence-corrected chi connectivity index (χ0v) is 11.3. The van der Waals surface area contributed by atoms with Crippen molar-refractivity contribution in [3.63, 3.8) is 0 Å². The summed E-state index contributed by atoms with van der Waals surface area (Å²) in [5.41, 5.74) is 1.07. The Bertz CT molecular complexity index is 352. The van der Waals surface area contributed by atoms with Crippen molar-refractivity contribution in [2.45, 2.75) is 25.9 Å². The van der Waals surface area contributed by atoms with Gasteiger partial charge in [-0.3, -0.25) is 0 Å². The summed E-state index contributed by atoms with van der Waals surface area (Å²) in [5, 5.41) is 0. The quantitative estimate of drug-likeness (QED) is 0.699. The van der Waals surface area contributed by atoms with Gasteiger partial charge in [-0.25, -0.2) is 0 Å². The van der Waals surface area contributed by atoms with Gasteiger partial charge in [0.15, 0.2) is 0 Å². The Morgan fingerprint density at radius 2 is 2.19 bits per heavy atom. The van der Waals surface area contributed by atoms with E-state index in [2.05, 4.69) is 20.0 Å². The second-order valence-corrected chi connectivity index (χ2v) is 7.35. The lowest BCUT2D eigenvalue weighted by Gasteiger charge is -2.25. The molecule has 0 saturated carbocycles. The Hall–Kier alpha value is -1.06. The predicted octanol–water partition coefficient (Wildman–Crippen LogP) is 3.84. The van der Waals surface area contributed by atoms with Crippen molar-refractivity contribution in [1.29, 1.82) is 0 Å². The van der Waals surface area contributed by atoms with Crippen LogP contribution in [0.4, 0.5) is 0 Å². The molecule has 0 aliphatic carbocycles. The lowest BCUT2D eigenvalue weighted by atomic mass is 10.2. The molecule has 1 aromatic carbocycles. The molecule has 0 N–H and O–H groups in total. The molecule has 0 fully saturated rings. The maximum Gasteiger partial charge on any atom is 0.395 e. The third kappa shape index (κ3) is 3.50. The van der Waals surface area contributed by atoms with E-state index < -0.39 is 8.56 Å². The van der Waals surface area contributed by atoms with Crippen molar-refractivity contribution in [3.05, 3.63) is 36.4 Å². The maximum absolute atomic E-state index is 6.00. The fourth-order valence-corrected chi connectivity index (χ4v) is 3.53. The van der Waals surface area contributed by atoms with Crippen LogP contribution in [0, 0.1) is 0 Å². The highest BCUT2D eigenvalue weighted by molar-refractivity contribution is 6.66. The number of benzene rings is 1. The minimum atomic E-state index is -2.03. The zero-order chi connectivity index (χ0) is 12.0. The molecule has 0 spiro atoms. The highest BCUT2D eigenvalue weighted by Crippen LogP contribution is 2.22. The summed E-state index contributed by atoms with van der Waals surface area (Å²) in [5.74, 6) is 0.877. The molecule has 16 heavy (non-hydrogen) atoms. The van der Waals surface area contributed by atoms with E-state index in [9.17, 15) is 0 Å². The first-order valence-electron chi connectivity index (χ1n) is 5.60. The molecule has 1 atom stereocenters. The lowest BCUT2D eigenvalue weighted by molar-refractivity contribution is 0.304. The first-order chi connectivity index (χ1) is 7.63. The van der Waals surface area contributed by atoms with E-state index >= 15 is 0 Å². The largest absolute Gasteiger partial charge is 0.520 e. The molecule has 2 nitrogen and oxygen atoms in total. The Morgan fingerprint density at radius 1 is 1.44 bits per heavy atom.